The quantitative estimate of drug-likeness (QED) is 0.396. The van der Waals surface area contributed by atoms with Crippen molar-refractivity contribution >= 4 is 68.4 Å². The van der Waals surface area contributed by atoms with Crippen LogP contribution in [0.3, 0.4) is 0 Å². The molecule has 0 spiro atoms. The maximum atomic E-state index is 12.0. The third-order valence-corrected chi connectivity index (χ3v) is 4.52. The van der Waals surface area contributed by atoms with Crippen LogP contribution in [0.2, 0.25) is 0 Å². The number of thiophene rings is 1. The number of benzene rings is 1. The summed E-state index contributed by atoms with van der Waals surface area (Å²) in [6.07, 6.45) is 3.26. The zero-order chi connectivity index (χ0) is 13.1. The Morgan fingerprint density at radius 3 is 2.78 bits per heavy atom. The summed E-state index contributed by atoms with van der Waals surface area (Å²) in [6, 6.07) is 7.39. The van der Waals surface area contributed by atoms with E-state index in [4.69, 9.17) is 0 Å². The van der Waals surface area contributed by atoms with Gasteiger partial charge in [-0.15, -0.1) is 11.3 Å². The zero-order valence-electron chi connectivity index (χ0n) is 9.06. The second-order valence-corrected chi connectivity index (χ2v) is 6.88. The summed E-state index contributed by atoms with van der Waals surface area (Å²) in [7, 11) is 0. The second-order valence-electron chi connectivity index (χ2n) is 3.50. The summed E-state index contributed by atoms with van der Waals surface area (Å²) in [5.41, 5.74) is 0.346. The molecule has 0 saturated heterocycles. The van der Waals surface area contributed by atoms with Gasteiger partial charge in [-0.1, -0.05) is 6.07 Å². The number of rotatable bonds is 3. The van der Waals surface area contributed by atoms with E-state index in [2.05, 4.69) is 22.6 Å². The summed E-state index contributed by atoms with van der Waals surface area (Å²) in [4.78, 5) is 13.0. The lowest BCUT2D eigenvalue weighted by Crippen LogP contribution is -1.97. The monoisotopic (exact) mass is 482 g/mol. The highest BCUT2D eigenvalue weighted by Gasteiger charge is 2.12. The topological polar surface area (TPSA) is 37.3 Å². The minimum Gasteiger partial charge on any atom is -0.506 e. The number of carbonyl (C=O) groups is 1. The summed E-state index contributed by atoms with van der Waals surface area (Å²) < 4.78 is 1.62. The van der Waals surface area contributed by atoms with Gasteiger partial charge in [-0.2, -0.15) is 0 Å². The van der Waals surface area contributed by atoms with Crippen LogP contribution in [0.4, 0.5) is 0 Å². The third kappa shape index (κ3) is 3.33. The molecule has 2 aromatic rings. The number of halogens is 2. The van der Waals surface area contributed by atoms with Crippen LogP contribution in [-0.4, -0.2) is 10.9 Å². The van der Waals surface area contributed by atoms with E-state index in [-0.39, 0.29) is 11.5 Å². The molecular formula is C13H8I2O2S. The van der Waals surface area contributed by atoms with E-state index < -0.39 is 0 Å². The Labute approximate surface area is 136 Å². The summed E-state index contributed by atoms with van der Waals surface area (Å²) in [6.45, 7) is 0. The van der Waals surface area contributed by atoms with Crippen LogP contribution >= 0.6 is 56.5 Å². The largest absolute Gasteiger partial charge is 0.506 e. The van der Waals surface area contributed by atoms with Crippen molar-refractivity contribution in [3.8, 4) is 5.75 Å². The summed E-state index contributed by atoms with van der Waals surface area (Å²) in [5, 5.41) is 11.8. The first-order valence-corrected chi connectivity index (χ1v) is 8.05. The molecule has 0 bridgehead atoms. The Balaban J connectivity index is 2.29. The highest BCUT2D eigenvalue weighted by atomic mass is 127. The molecule has 0 aliphatic rings. The number of aromatic hydroxyl groups is 1. The van der Waals surface area contributed by atoms with E-state index in [9.17, 15) is 9.90 Å². The number of hydrogen-bond donors (Lipinski definition) is 1. The van der Waals surface area contributed by atoms with E-state index in [0.29, 0.717) is 9.13 Å². The summed E-state index contributed by atoms with van der Waals surface area (Å²) >= 11 is 5.71. The Morgan fingerprint density at radius 2 is 2.11 bits per heavy atom. The first-order valence-electron chi connectivity index (χ1n) is 5.02. The standard InChI is InChI=1S/C13H8I2O2S/c14-8-6-10(13(17)11(15)7-8)12(16)4-3-9-2-1-5-18-9/h1-7,17H/b4-3+. The third-order valence-electron chi connectivity index (χ3n) is 2.24. The van der Waals surface area contributed by atoms with E-state index in [1.165, 1.54) is 6.08 Å². The van der Waals surface area contributed by atoms with Gasteiger partial charge in [0.2, 0.25) is 0 Å². The Bertz CT molecular complexity index is 604. The lowest BCUT2D eigenvalue weighted by molar-refractivity contribution is 0.104. The van der Waals surface area contributed by atoms with Gasteiger partial charge in [0.05, 0.1) is 9.13 Å². The molecule has 0 aliphatic carbocycles. The van der Waals surface area contributed by atoms with Crippen molar-refractivity contribution in [1.29, 1.82) is 0 Å². The maximum absolute atomic E-state index is 12.0. The van der Waals surface area contributed by atoms with Crippen LogP contribution < -0.4 is 0 Å². The van der Waals surface area contributed by atoms with Gasteiger partial charge in [-0.05, 0) is 80.9 Å². The Hall–Kier alpha value is -0.410. The van der Waals surface area contributed by atoms with Gasteiger partial charge in [-0.25, -0.2) is 0 Å². The van der Waals surface area contributed by atoms with Crippen molar-refractivity contribution in [2.24, 2.45) is 0 Å². The lowest BCUT2D eigenvalue weighted by atomic mass is 10.1. The molecule has 0 amide bonds. The lowest BCUT2D eigenvalue weighted by Gasteiger charge is -2.04. The molecule has 2 nitrogen and oxygen atoms in total. The average molecular weight is 482 g/mol. The molecule has 2 rings (SSSR count). The highest BCUT2D eigenvalue weighted by molar-refractivity contribution is 14.1. The van der Waals surface area contributed by atoms with Crippen molar-refractivity contribution in [3.63, 3.8) is 0 Å². The molecule has 1 aromatic heterocycles. The van der Waals surface area contributed by atoms with Crippen LogP contribution in [-0.2, 0) is 0 Å². The molecule has 1 N–H and O–H groups in total. The number of ketones is 1. The van der Waals surface area contributed by atoms with Crippen LogP contribution in [0.15, 0.2) is 35.7 Å². The molecular weight excluding hydrogens is 474 g/mol. The molecule has 1 aromatic carbocycles. The normalized spacial score (nSPS) is 11.0. The van der Waals surface area contributed by atoms with Crippen LogP contribution in [0, 0.1) is 7.14 Å². The Kier molecular flexibility index (Phi) is 4.79. The maximum Gasteiger partial charge on any atom is 0.189 e. The fourth-order valence-corrected chi connectivity index (χ4v) is 3.85. The highest BCUT2D eigenvalue weighted by Crippen LogP contribution is 2.27. The molecule has 1 heterocycles. The molecule has 0 unspecified atom stereocenters. The number of hydrogen-bond acceptors (Lipinski definition) is 3. The van der Waals surface area contributed by atoms with Gasteiger partial charge < -0.3 is 5.11 Å². The SMILES string of the molecule is O=C(/C=C/c1cccs1)c1cc(I)cc(I)c1O. The van der Waals surface area contributed by atoms with E-state index in [1.54, 1.807) is 23.5 Å². The molecule has 0 fully saturated rings. The fraction of sp³-hybridized carbons (Fsp3) is 0. The van der Waals surface area contributed by atoms with Crippen LogP contribution in [0.5, 0.6) is 5.75 Å². The molecule has 5 heteroatoms. The molecule has 0 saturated carbocycles. The Morgan fingerprint density at radius 1 is 1.33 bits per heavy atom. The van der Waals surface area contributed by atoms with Crippen molar-refractivity contribution in [2.45, 2.75) is 0 Å². The van der Waals surface area contributed by atoms with Gasteiger partial charge in [0.25, 0.3) is 0 Å². The average Bonchev–Trinajstić information content (AvgIpc) is 2.83. The number of phenolic OH excluding ortho intramolecular Hbond substituents is 1. The van der Waals surface area contributed by atoms with E-state index >= 15 is 0 Å². The first-order chi connectivity index (χ1) is 8.58. The van der Waals surface area contributed by atoms with Gasteiger partial charge in [0, 0.05) is 8.45 Å². The van der Waals surface area contributed by atoms with Crippen molar-refractivity contribution in [1.82, 2.24) is 0 Å². The van der Waals surface area contributed by atoms with Crippen LogP contribution in [0.1, 0.15) is 15.2 Å². The number of carbonyl (C=O) groups excluding carboxylic acids is 1. The molecule has 0 atom stereocenters. The molecule has 92 valence electrons. The van der Waals surface area contributed by atoms with Crippen molar-refractivity contribution in [2.75, 3.05) is 0 Å². The first kappa shape index (κ1) is 14.0. The molecule has 18 heavy (non-hydrogen) atoms. The number of phenols is 1. The minimum atomic E-state index is -0.183. The van der Waals surface area contributed by atoms with Crippen molar-refractivity contribution in [3.05, 3.63) is 53.3 Å². The smallest absolute Gasteiger partial charge is 0.189 e. The fourth-order valence-electron chi connectivity index (χ4n) is 1.39. The minimum absolute atomic E-state index is 0.0526. The predicted octanol–water partition coefficient (Wildman–Crippen LogP) is 4.56. The number of allylic oxidation sites excluding steroid dienone is 1. The van der Waals surface area contributed by atoms with Gasteiger partial charge in [0.1, 0.15) is 5.75 Å². The van der Waals surface area contributed by atoms with Gasteiger partial charge in [-0.3, -0.25) is 4.79 Å². The predicted molar refractivity (Wildman–Crippen MR) is 91.2 cm³/mol. The molecule has 0 radical (unpaired) electrons. The summed E-state index contributed by atoms with van der Waals surface area (Å²) in [5.74, 6) is -0.130. The van der Waals surface area contributed by atoms with E-state index in [1.807, 2.05) is 46.2 Å². The van der Waals surface area contributed by atoms with Crippen LogP contribution in [0.25, 0.3) is 6.08 Å². The van der Waals surface area contributed by atoms with E-state index in [0.717, 1.165) is 8.45 Å². The van der Waals surface area contributed by atoms with Gasteiger partial charge in [0.15, 0.2) is 5.78 Å². The second kappa shape index (κ2) is 6.16. The molecule has 0 aliphatic heterocycles. The van der Waals surface area contributed by atoms with Gasteiger partial charge >= 0.3 is 0 Å². The zero-order valence-corrected chi connectivity index (χ0v) is 14.2. The van der Waals surface area contributed by atoms with Crippen molar-refractivity contribution < 1.29 is 9.90 Å².